The van der Waals surface area contributed by atoms with Gasteiger partial charge in [0.15, 0.2) is 6.10 Å². The van der Waals surface area contributed by atoms with Crippen molar-refractivity contribution in [1.29, 1.82) is 0 Å². The summed E-state index contributed by atoms with van der Waals surface area (Å²) in [6.45, 7) is 6.61. The first-order chi connectivity index (χ1) is 41.0. The zero-order valence-electron chi connectivity index (χ0n) is 54.9. The molecule has 0 radical (unpaired) electrons. The Bertz CT molecular complexity index is 1610. The summed E-state index contributed by atoms with van der Waals surface area (Å²) in [6.07, 6.45) is 95.7. The van der Waals surface area contributed by atoms with E-state index in [9.17, 15) is 14.4 Å². The van der Waals surface area contributed by atoms with Crippen molar-refractivity contribution in [3.8, 4) is 0 Å². The zero-order valence-corrected chi connectivity index (χ0v) is 54.9. The molecule has 6 nitrogen and oxygen atoms in total. The van der Waals surface area contributed by atoms with E-state index in [0.29, 0.717) is 19.3 Å². The van der Waals surface area contributed by atoms with Crippen molar-refractivity contribution in [2.75, 3.05) is 13.2 Å². The van der Waals surface area contributed by atoms with Gasteiger partial charge in [-0.2, -0.15) is 0 Å². The third-order valence-corrected chi connectivity index (χ3v) is 15.5. The van der Waals surface area contributed by atoms with Crippen molar-refractivity contribution in [1.82, 2.24) is 0 Å². The summed E-state index contributed by atoms with van der Waals surface area (Å²) in [4.78, 5) is 38.5. The molecule has 1 unspecified atom stereocenters. The van der Waals surface area contributed by atoms with Crippen LogP contribution in [0.2, 0.25) is 0 Å². The van der Waals surface area contributed by atoms with Crippen molar-refractivity contribution < 1.29 is 28.6 Å². The van der Waals surface area contributed by atoms with Gasteiger partial charge in [0, 0.05) is 19.3 Å². The second-order valence-corrected chi connectivity index (χ2v) is 23.8. The highest BCUT2D eigenvalue weighted by Crippen LogP contribution is 2.17. The highest BCUT2D eigenvalue weighted by atomic mass is 16.6. The number of allylic oxidation sites excluding steroid dienone is 16. The normalized spacial score (nSPS) is 12.7. The molecule has 0 aromatic carbocycles. The number of hydrogen-bond acceptors (Lipinski definition) is 6. The molecule has 0 aliphatic carbocycles. The molecule has 0 fully saturated rings. The Morgan fingerprint density at radius 1 is 0.241 bits per heavy atom. The SMILES string of the molecule is CCCCC/C=C\C/C=C\CCCCCCCC(=O)OCC(COC(=O)CCCCCCCCCCCCCC/C=C\C/C=C\C/C=C\CCCCCCC)OC(=O)CCCCCCCCCC/C=C\C/C=C\C/C=C\CCCCCCC. The monoisotopic (exact) mass is 1160 g/mol. The van der Waals surface area contributed by atoms with Gasteiger partial charge >= 0.3 is 17.9 Å². The van der Waals surface area contributed by atoms with Crippen LogP contribution in [0.5, 0.6) is 0 Å². The van der Waals surface area contributed by atoms with Gasteiger partial charge in [0.05, 0.1) is 0 Å². The Morgan fingerprint density at radius 3 is 0.699 bits per heavy atom. The van der Waals surface area contributed by atoms with Crippen molar-refractivity contribution in [2.45, 2.75) is 361 Å². The van der Waals surface area contributed by atoms with Crippen molar-refractivity contribution in [3.63, 3.8) is 0 Å². The Labute approximate surface area is 515 Å². The number of unbranched alkanes of at least 4 members (excludes halogenated alkanes) is 38. The molecule has 0 aromatic heterocycles. The van der Waals surface area contributed by atoms with Gasteiger partial charge in [-0.15, -0.1) is 0 Å². The first-order valence-corrected chi connectivity index (χ1v) is 35.7. The average Bonchev–Trinajstić information content (AvgIpc) is 3.49. The zero-order chi connectivity index (χ0) is 59.9. The lowest BCUT2D eigenvalue weighted by molar-refractivity contribution is -0.167. The summed E-state index contributed by atoms with van der Waals surface area (Å²) < 4.78 is 17.0. The Balaban J connectivity index is 4.34. The van der Waals surface area contributed by atoms with Gasteiger partial charge in [-0.05, 0) is 128 Å². The van der Waals surface area contributed by atoms with Crippen LogP contribution in [-0.2, 0) is 28.6 Å². The molecule has 0 aliphatic rings. The third-order valence-electron chi connectivity index (χ3n) is 15.5. The quantitative estimate of drug-likeness (QED) is 0.0261. The fraction of sp³-hybridized carbons (Fsp3) is 0.753. The van der Waals surface area contributed by atoms with Crippen LogP contribution in [0.1, 0.15) is 355 Å². The molecule has 0 N–H and O–H groups in total. The molecule has 83 heavy (non-hydrogen) atoms. The molecule has 0 aliphatic heterocycles. The molecule has 1 atom stereocenters. The Morgan fingerprint density at radius 2 is 0.434 bits per heavy atom. The molecular formula is C77H134O6. The molecule has 0 heterocycles. The maximum absolute atomic E-state index is 13.0. The first-order valence-electron chi connectivity index (χ1n) is 35.7. The van der Waals surface area contributed by atoms with E-state index in [0.717, 1.165) is 109 Å². The van der Waals surface area contributed by atoms with Gasteiger partial charge in [-0.1, -0.05) is 304 Å². The number of esters is 3. The number of hydrogen-bond donors (Lipinski definition) is 0. The predicted molar refractivity (Wildman–Crippen MR) is 362 cm³/mol. The molecule has 0 aromatic rings. The van der Waals surface area contributed by atoms with E-state index in [1.807, 2.05) is 0 Å². The minimum atomic E-state index is -0.791. The molecule has 0 saturated heterocycles. The second kappa shape index (κ2) is 70.8. The van der Waals surface area contributed by atoms with E-state index in [1.165, 1.54) is 205 Å². The standard InChI is InChI=1S/C77H134O6/c1-4-7-10-13-16-19-22-25-28-30-32-34-36-37-38-39-41-42-44-46-49-52-55-58-61-64-67-70-76(79)82-73-74(72-81-75(78)69-66-63-60-57-54-51-48-27-24-21-18-15-12-9-6-3)83-77(80)71-68-65-62-59-56-53-50-47-45-43-40-35-33-31-29-26-23-20-17-14-11-8-5-2/h18,21-23,25-27,30-33,36-37,40,43,48,74H,4-17,19-20,24,28-29,34-35,38-39,41-42,44-47,49-73H2,1-3H3/b21-18-,25-22-,26-23-,32-30-,33-31-,37-36-,43-40-,48-27-. The van der Waals surface area contributed by atoms with Gasteiger partial charge in [0.1, 0.15) is 13.2 Å². The summed E-state index contributed by atoms with van der Waals surface area (Å²) in [5, 5.41) is 0. The lowest BCUT2D eigenvalue weighted by Crippen LogP contribution is -2.30. The molecule has 478 valence electrons. The first kappa shape index (κ1) is 79.3. The molecule has 0 spiro atoms. The molecule has 0 amide bonds. The van der Waals surface area contributed by atoms with Gasteiger partial charge in [0.2, 0.25) is 0 Å². The van der Waals surface area contributed by atoms with E-state index in [-0.39, 0.29) is 31.1 Å². The van der Waals surface area contributed by atoms with Crippen LogP contribution in [0.3, 0.4) is 0 Å². The summed E-state index contributed by atoms with van der Waals surface area (Å²) >= 11 is 0. The lowest BCUT2D eigenvalue weighted by atomic mass is 10.0. The number of ether oxygens (including phenoxy) is 3. The van der Waals surface area contributed by atoms with E-state index < -0.39 is 6.10 Å². The summed E-state index contributed by atoms with van der Waals surface area (Å²) in [6, 6.07) is 0. The van der Waals surface area contributed by atoms with Gasteiger partial charge in [0.25, 0.3) is 0 Å². The smallest absolute Gasteiger partial charge is 0.306 e. The van der Waals surface area contributed by atoms with Gasteiger partial charge < -0.3 is 14.2 Å². The molecular weight excluding hydrogens is 1020 g/mol. The summed E-state index contributed by atoms with van der Waals surface area (Å²) in [5.41, 5.74) is 0. The third kappa shape index (κ3) is 69.0. The van der Waals surface area contributed by atoms with Crippen LogP contribution in [-0.4, -0.2) is 37.2 Å². The molecule has 0 saturated carbocycles. The van der Waals surface area contributed by atoms with Gasteiger partial charge in [-0.25, -0.2) is 0 Å². The average molecular weight is 1160 g/mol. The highest BCUT2D eigenvalue weighted by molar-refractivity contribution is 5.71. The van der Waals surface area contributed by atoms with Crippen LogP contribution in [0.15, 0.2) is 97.2 Å². The number of carbonyl (C=O) groups excluding carboxylic acids is 3. The van der Waals surface area contributed by atoms with Crippen LogP contribution < -0.4 is 0 Å². The van der Waals surface area contributed by atoms with E-state index in [1.54, 1.807) is 0 Å². The van der Waals surface area contributed by atoms with Crippen LogP contribution in [0.4, 0.5) is 0 Å². The number of rotatable bonds is 65. The Hall–Kier alpha value is -3.67. The summed E-state index contributed by atoms with van der Waals surface area (Å²) in [5.74, 6) is -0.894. The highest BCUT2D eigenvalue weighted by Gasteiger charge is 2.19. The van der Waals surface area contributed by atoms with E-state index >= 15 is 0 Å². The number of carbonyl (C=O) groups is 3. The molecule has 6 heteroatoms. The predicted octanol–water partition coefficient (Wildman–Crippen LogP) is 24.8. The van der Waals surface area contributed by atoms with Crippen molar-refractivity contribution in [3.05, 3.63) is 97.2 Å². The fourth-order valence-electron chi connectivity index (χ4n) is 10.1. The van der Waals surface area contributed by atoms with Gasteiger partial charge in [-0.3, -0.25) is 14.4 Å². The van der Waals surface area contributed by atoms with Crippen molar-refractivity contribution in [2.24, 2.45) is 0 Å². The molecule has 0 rings (SSSR count). The Kier molecular flexibility index (Phi) is 67.7. The van der Waals surface area contributed by atoms with Crippen molar-refractivity contribution >= 4 is 17.9 Å². The van der Waals surface area contributed by atoms with Crippen LogP contribution in [0, 0.1) is 0 Å². The second-order valence-electron chi connectivity index (χ2n) is 23.8. The maximum atomic E-state index is 13.0. The fourth-order valence-corrected chi connectivity index (χ4v) is 10.1. The lowest BCUT2D eigenvalue weighted by Gasteiger charge is -2.18. The largest absolute Gasteiger partial charge is 0.462 e. The van der Waals surface area contributed by atoms with Crippen LogP contribution in [0.25, 0.3) is 0 Å². The van der Waals surface area contributed by atoms with E-state index in [4.69, 9.17) is 14.2 Å². The maximum Gasteiger partial charge on any atom is 0.306 e. The molecule has 0 bridgehead atoms. The summed E-state index contributed by atoms with van der Waals surface area (Å²) in [7, 11) is 0. The minimum absolute atomic E-state index is 0.0850. The topological polar surface area (TPSA) is 78.9 Å². The van der Waals surface area contributed by atoms with E-state index in [2.05, 4.69) is 118 Å². The minimum Gasteiger partial charge on any atom is -0.462 e. The van der Waals surface area contributed by atoms with Crippen LogP contribution >= 0.6 is 0 Å².